The van der Waals surface area contributed by atoms with E-state index < -0.39 is 0 Å². The van der Waals surface area contributed by atoms with Gasteiger partial charge in [-0.2, -0.15) is 0 Å². The van der Waals surface area contributed by atoms with Crippen LogP contribution in [0.5, 0.6) is 0 Å². The maximum Gasteiger partial charge on any atom is 0.236 e. The van der Waals surface area contributed by atoms with E-state index in [1.54, 1.807) is 0 Å². The molecule has 0 atom stereocenters. The Balaban J connectivity index is 1.65. The zero-order valence-corrected chi connectivity index (χ0v) is 15.0. The summed E-state index contributed by atoms with van der Waals surface area (Å²) < 4.78 is 1.11. The van der Waals surface area contributed by atoms with Crippen LogP contribution in [0.15, 0.2) is 41.3 Å². The highest BCUT2D eigenvalue weighted by atomic mass is 32.2. The van der Waals surface area contributed by atoms with E-state index in [0.29, 0.717) is 10.9 Å². The molecule has 0 saturated heterocycles. The third-order valence-corrected chi connectivity index (χ3v) is 5.40. The molecule has 3 aromatic rings. The van der Waals surface area contributed by atoms with Gasteiger partial charge in [-0.25, -0.2) is 4.98 Å². The van der Waals surface area contributed by atoms with Crippen molar-refractivity contribution in [3.05, 3.63) is 53.1 Å². The van der Waals surface area contributed by atoms with E-state index in [9.17, 15) is 4.79 Å². The summed E-state index contributed by atoms with van der Waals surface area (Å²) in [6, 6.07) is 12.4. The maximum absolute atomic E-state index is 12.1. The quantitative estimate of drug-likeness (QED) is 0.682. The number of fused-ring (bicyclic) bond motifs is 1. The van der Waals surface area contributed by atoms with Gasteiger partial charge in [0.1, 0.15) is 0 Å². The third kappa shape index (κ3) is 3.92. The predicted molar refractivity (Wildman–Crippen MR) is 99.6 cm³/mol. The lowest BCUT2D eigenvalue weighted by atomic mass is 10.1. The largest absolute Gasteiger partial charge is 0.301 e. The molecule has 0 bridgehead atoms. The number of anilines is 1. The first kappa shape index (κ1) is 16.0. The average molecular weight is 342 g/mol. The van der Waals surface area contributed by atoms with Gasteiger partial charge < -0.3 is 5.32 Å². The molecule has 3 nitrogen and oxygen atoms in total. The lowest BCUT2D eigenvalue weighted by molar-refractivity contribution is -0.113. The zero-order chi connectivity index (χ0) is 16.4. The second kappa shape index (κ2) is 6.72. The Morgan fingerprint density at radius 1 is 1.13 bits per heavy atom. The molecule has 1 aromatic heterocycles. The maximum atomic E-state index is 12.1. The van der Waals surface area contributed by atoms with Gasteiger partial charge in [0.05, 0.1) is 16.0 Å². The van der Waals surface area contributed by atoms with E-state index in [4.69, 9.17) is 0 Å². The first-order chi connectivity index (χ1) is 11.0. The lowest BCUT2D eigenvalue weighted by Crippen LogP contribution is -2.13. The molecule has 0 aliphatic rings. The van der Waals surface area contributed by atoms with Crippen LogP contribution < -0.4 is 5.32 Å². The lowest BCUT2D eigenvalue weighted by Gasteiger charge is -2.02. The molecule has 23 heavy (non-hydrogen) atoms. The molecule has 0 saturated carbocycles. The van der Waals surface area contributed by atoms with Crippen molar-refractivity contribution in [2.75, 3.05) is 11.1 Å². The smallest absolute Gasteiger partial charge is 0.236 e. The fourth-order valence-electron chi connectivity index (χ4n) is 2.36. The average Bonchev–Trinajstić information content (AvgIpc) is 2.89. The molecule has 0 unspecified atom stereocenters. The summed E-state index contributed by atoms with van der Waals surface area (Å²) in [6.45, 7) is 6.18. The second-order valence-corrected chi connectivity index (χ2v) is 7.68. The van der Waals surface area contributed by atoms with Crippen LogP contribution in [0.4, 0.5) is 5.13 Å². The molecule has 3 rings (SSSR count). The SMILES string of the molecule is Cc1ccc(SCC(=O)Nc2nc3c(C)cc(C)cc3s2)cc1. The van der Waals surface area contributed by atoms with Crippen molar-refractivity contribution in [3.63, 3.8) is 0 Å². The summed E-state index contributed by atoms with van der Waals surface area (Å²) in [5.41, 5.74) is 4.55. The highest BCUT2D eigenvalue weighted by Gasteiger charge is 2.10. The number of hydrogen-bond donors (Lipinski definition) is 1. The first-order valence-corrected chi connectivity index (χ1v) is 9.18. The van der Waals surface area contributed by atoms with Crippen molar-refractivity contribution in [1.29, 1.82) is 0 Å². The van der Waals surface area contributed by atoms with Crippen LogP contribution in [-0.2, 0) is 4.79 Å². The van der Waals surface area contributed by atoms with Crippen LogP contribution in [0.3, 0.4) is 0 Å². The third-order valence-electron chi connectivity index (χ3n) is 3.47. The fourth-order valence-corrected chi connectivity index (χ4v) is 4.12. The molecule has 118 valence electrons. The van der Waals surface area contributed by atoms with Gasteiger partial charge in [-0.05, 0) is 50.1 Å². The van der Waals surface area contributed by atoms with E-state index in [1.807, 2.05) is 19.1 Å². The number of thiazole rings is 1. The molecular weight excluding hydrogens is 324 g/mol. The molecule has 0 fully saturated rings. The molecule has 1 N–H and O–H groups in total. The van der Waals surface area contributed by atoms with Gasteiger partial charge in [-0.3, -0.25) is 4.79 Å². The fraction of sp³-hybridized carbons (Fsp3) is 0.222. The van der Waals surface area contributed by atoms with Crippen molar-refractivity contribution in [2.45, 2.75) is 25.7 Å². The van der Waals surface area contributed by atoms with Crippen LogP contribution >= 0.6 is 23.1 Å². The highest BCUT2D eigenvalue weighted by Crippen LogP contribution is 2.29. The van der Waals surface area contributed by atoms with Gasteiger partial charge in [0.2, 0.25) is 5.91 Å². The molecule has 1 heterocycles. The first-order valence-electron chi connectivity index (χ1n) is 7.38. The van der Waals surface area contributed by atoms with Crippen molar-refractivity contribution >= 4 is 44.4 Å². The van der Waals surface area contributed by atoms with Gasteiger partial charge in [-0.1, -0.05) is 35.1 Å². The van der Waals surface area contributed by atoms with Crippen LogP contribution in [0.25, 0.3) is 10.2 Å². The number of aryl methyl sites for hydroxylation is 3. The minimum absolute atomic E-state index is 0.0241. The van der Waals surface area contributed by atoms with Crippen molar-refractivity contribution in [1.82, 2.24) is 4.98 Å². The Morgan fingerprint density at radius 3 is 2.61 bits per heavy atom. The van der Waals surface area contributed by atoms with E-state index >= 15 is 0 Å². The molecule has 2 aromatic carbocycles. The summed E-state index contributed by atoms with van der Waals surface area (Å²) in [5, 5.41) is 3.58. The zero-order valence-electron chi connectivity index (χ0n) is 13.3. The van der Waals surface area contributed by atoms with Gasteiger partial charge in [-0.15, -0.1) is 11.8 Å². The summed E-state index contributed by atoms with van der Waals surface area (Å²) >= 11 is 3.06. The van der Waals surface area contributed by atoms with E-state index in [0.717, 1.165) is 20.7 Å². The number of thioether (sulfide) groups is 1. The van der Waals surface area contributed by atoms with Crippen LogP contribution in [-0.4, -0.2) is 16.6 Å². The van der Waals surface area contributed by atoms with Gasteiger partial charge in [0.15, 0.2) is 5.13 Å². The van der Waals surface area contributed by atoms with Crippen molar-refractivity contribution in [2.24, 2.45) is 0 Å². The number of carbonyl (C=O) groups is 1. The summed E-state index contributed by atoms with van der Waals surface area (Å²) in [7, 11) is 0. The number of nitrogens with one attached hydrogen (secondary N) is 1. The van der Waals surface area contributed by atoms with Crippen LogP contribution in [0.2, 0.25) is 0 Å². The summed E-state index contributed by atoms with van der Waals surface area (Å²) in [4.78, 5) is 17.8. The topological polar surface area (TPSA) is 42.0 Å². The molecular formula is C18H18N2OS2. The van der Waals surface area contributed by atoms with Crippen molar-refractivity contribution in [3.8, 4) is 0 Å². The highest BCUT2D eigenvalue weighted by molar-refractivity contribution is 8.00. The van der Waals surface area contributed by atoms with Crippen LogP contribution in [0, 0.1) is 20.8 Å². The Kier molecular flexibility index (Phi) is 4.68. The number of nitrogens with zero attached hydrogens (tertiary/aromatic N) is 1. The standard InChI is InChI=1S/C18H18N2OS2/c1-11-4-6-14(7-5-11)22-10-16(21)19-18-20-17-13(3)8-12(2)9-15(17)23-18/h4-9H,10H2,1-3H3,(H,19,20,21). The van der Waals surface area contributed by atoms with Gasteiger partial charge in [0.25, 0.3) is 0 Å². The monoisotopic (exact) mass is 342 g/mol. The van der Waals surface area contributed by atoms with Crippen LogP contribution in [0.1, 0.15) is 16.7 Å². The van der Waals surface area contributed by atoms with E-state index in [1.165, 1.54) is 34.2 Å². The molecule has 0 aliphatic carbocycles. The summed E-state index contributed by atoms with van der Waals surface area (Å²) in [6.07, 6.45) is 0. The molecule has 1 amide bonds. The Labute approximate surface area is 144 Å². The Hall–Kier alpha value is -1.85. The Morgan fingerprint density at radius 2 is 1.87 bits per heavy atom. The van der Waals surface area contributed by atoms with Crippen molar-refractivity contribution < 1.29 is 4.79 Å². The molecule has 0 aliphatic heterocycles. The molecule has 0 spiro atoms. The van der Waals surface area contributed by atoms with Gasteiger partial charge >= 0.3 is 0 Å². The normalized spacial score (nSPS) is 10.9. The molecule has 5 heteroatoms. The van der Waals surface area contributed by atoms with E-state index in [2.05, 4.69) is 48.4 Å². The number of carbonyl (C=O) groups excluding carboxylic acids is 1. The minimum atomic E-state index is -0.0241. The summed E-state index contributed by atoms with van der Waals surface area (Å²) in [5.74, 6) is 0.362. The predicted octanol–water partition coefficient (Wildman–Crippen LogP) is 4.95. The number of benzene rings is 2. The number of aromatic nitrogens is 1. The molecule has 0 radical (unpaired) electrons. The Bertz CT molecular complexity index is 853. The minimum Gasteiger partial charge on any atom is -0.301 e. The van der Waals surface area contributed by atoms with E-state index in [-0.39, 0.29) is 5.91 Å². The second-order valence-electron chi connectivity index (χ2n) is 5.60. The number of hydrogen-bond acceptors (Lipinski definition) is 4. The number of amides is 1. The van der Waals surface area contributed by atoms with Gasteiger partial charge in [0, 0.05) is 4.90 Å². The number of rotatable bonds is 4.